The maximum atomic E-state index is 9.89. The minimum absolute atomic E-state index is 0.560. The van der Waals surface area contributed by atoms with Gasteiger partial charge in [-0.05, 0) is 89.5 Å². The number of fused-ring (bicyclic) bond motifs is 6. The first kappa shape index (κ1) is 28.8. The highest BCUT2D eigenvalue weighted by molar-refractivity contribution is 6.12. The van der Waals surface area contributed by atoms with Crippen LogP contribution in [-0.4, -0.2) is 9.13 Å². The highest BCUT2D eigenvalue weighted by Crippen LogP contribution is 2.38. The molecule has 50 heavy (non-hydrogen) atoms. The lowest BCUT2D eigenvalue weighted by Gasteiger charge is -2.15. The number of hydrogen-bond donors (Lipinski definition) is 0. The van der Waals surface area contributed by atoms with Crippen molar-refractivity contribution >= 4 is 43.6 Å². The Kier molecular flexibility index (Phi) is 6.56. The van der Waals surface area contributed by atoms with Crippen molar-refractivity contribution in [3.63, 3.8) is 0 Å². The number of nitriles is 3. The van der Waals surface area contributed by atoms with Gasteiger partial charge < -0.3 is 9.13 Å². The first-order chi connectivity index (χ1) is 24.7. The molecular weight excluding hydrogens is 611 g/mol. The quantitative estimate of drug-likeness (QED) is 0.193. The summed E-state index contributed by atoms with van der Waals surface area (Å²) in [5, 5.41) is 33.4. The second kappa shape index (κ2) is 11.4. The Morgan fingerprint density at radius 2 is 0.960 bits per heavy atom. The van der Waals surface area contributed by atoms with E-state index in [1.54, 1.807) is 0 Å². The molecule has 0 saturated carbocycles. The zero-order valence-corrected chi connectivity index (χ0v) is 26.7. The average molecular weight is 636 g/mol. The zero-order valence-electron chi connectivity index (χ0n) is 26.7. The van der Waals surface area contributed by atoms with Crippen molar-refractivity contribution in [1.29, 1.82) is 15.8 Å². The highest BCUT2D eigenvalue weighted by Gasteiger charge is 2.18. The number of nitrogens with zero attached hydrogens (tertiary/aromatic N) is 5. The molecule has 0 saturated heterocycles. The van der Waals surface area contributed by atoms with Gasteiger partial charge in [0.05, 0.1) is 62.7 Å². The van der Waals surface area contributed by atoms with E-state index in [-0.39, 0.29) is 0 Å². The fourth-order valence-electron chi connectivity index (χ4n) is 7.37. The first-order valence-electron chi connectivity index (χ1n) is 16.3. The summed E-state index contributed by atoms with van der Waals surface area (Å²) in [6.45, 7) is 0. The van der Waals surface area contributed by atoms with Crippen LogP contribution in [0.15, 0.2) is 152 Å². The molecule has 9 aromatic rings. The molecule has 7 aromatic carbocycles. The van der Waals surface area contributed by atoms with Crippen molar-refractivity contribution in [2.45, 2.75) is 0 Å². The van der Waals surface area contributed by atoms with E-state index < -0.39 is 0 Å². The molecule has 230 valence electrons. The average Bonchev–Trinajstić information content (AvgIpc) is 3.70. The van der Waals surface area contributed by atoms with E-state index in [2.05, 4.69) is 130 Å². The molecule has 0 fully saturated rings. The molecule has 0 spiro atoms. The standard InChI is InChI=1S/C45H25N5/c46-26-29-12-22-42(50-40-9-3-1-7-36(40)37-8-2-4-10-41(37)50)38(24-29)33-16-14-31(15-17-33)32-18-20-35(21-19-32)49-43-23-13-30(27-47)25-39(43)45-34(28-48)6-5-11-44(45)49/h1-25H. The maximum absolute atomic E-state index is 9.89. The van der Waals surface area contributed by atoms with Crippen LogP contribution in [0.3, 0.4) is 0 Å². The molecule has 9 rings (SSSR count). The van der Waals surface area contributed by atoms with Crippen LogP contribution < -0.4 is 0 Å². The van der Waals surface area contributed by atoms with Gasteiger partial charge in [0.1, 0.15) is 0 Å². The Labute approximate surface area is 287 Å². The molecule has 0 aliphatic carbocycles. The first-order valence-corrected chi connectivity index (χ1v) is 16.3. The van der Waals surface area contributed by atoms with Crippen LogP contribution in [0.2, 0.25) is 0 Å². The largest absolute Gasteiger partial charge is 0.309 e. The molecule has 5 heteroatoms. The lowest BCUT2D eigenvalue weighted by molar-refractivity contribution is 1.18. The SMILES string of the molecule is N#Cc1ccc(-n2c3ccccc3c3ccccc32)c(-c2ccc(-c3ccc(-n4c5ccc(C#N)cc5c5c(C#N)cccc54)cc3)cc2)c1. The molecule has 5 nitrogen and oxygen atoms in total. The molecule has 2 heterocycles. The predicted molar refractivity (Wildman–Crippen MR) is 200 cm³/mol. The second-order valence-corrected chi connectivity index (χ2v) is 12.3. The monoisotopic (exact) mass is 635 g/mol. The maximum Gasteiger partial charge on any atom is 0.0998 e. The number of aromatic nitrogens is 2. The number of rotatable bonds is 4. The third-order valence-electron chi connectivity index (χ3n) is 9.64. The lowest BCUT2D eigenvalue weighted by Crippen LogP contribution is -1.98. The molecule has 0 amide bonds. The van der Waals surface area contributed by atoms with E-state index >= 15 is 0 Å². The van der Waals surface area contributed by atoms with Gasteiger partial charge in [-0.1, -0.05) is 78.9 Å². The highest BCUT2D eigenvalue weighted by atomic mass is 15.0. The van der Waals surface area contributed by atoms with Crippen LogP contribution >= 0.6 is 0 Å². The fourth-order valence-corrected chi connectivity index (χ4v) is 7.37. The van der Waals surface area contributed by atoms with Crippen molar-refractivity contribution in [1.82, 2.24) is 9.13 Å². The summed E-state index contributed by atoms with van der Waals surface area (Å²) in [7, 11) is 0. The number of para-hydroxylation sites is 2. The smallest absolute Gasteiger partial charge is 0.0998 e. The summed E-state index contributed by atoms with van der Waals surface area (Å²) in [5.74, 6) is 0. The van der Waals surface area contributed by atoms with Gasteiger partial charge in [0.2, 0.25) is 0 Å². The van der Waals surface area contributed by atoms with Gasteiger partial charge in [0.25, 0.3) is 0 Å². The van der Waals surface area contributed by atoms with Crippen LogP contribution in [0.25, 0.3) is 77.2 Å². The fraction of sp³-hybridized carbons (Fsp3) is 0. The Morgan fingerprint density at radius 1 is 0.400 bits per heavy atom. The third kappa shape index (κ3) is 4.38. The second-order valence-electron chi connectivity index (χ2n) is 12.3. The molecular formula is C45H25N5. The zero-order chi connectivity index (χ0) is 33.8. The summed E-state index contributed by atoms with van der Waals surface area (Å²) >= 11 is 0. The minimum atomic E-state index is 0.560. The third-order valence-corrected chi connectivity index (χ3v) is 9.64. The number of benzene rings is 7. The van der Waals surface area contributed by atoms with Gasteiger partial charge in [0, 0.05) is 32.8 Å². The topological polar surface area (TPSA) is 81.2 Å². The Balaban J connectivity index is 1.12. The summed E-state index contributed by atoms with van der Waals surface area (Å²) in [5.41, 5.74) is 12.0. The van der Waals surface area contributed by atoms with Gasteiger partial charge in [-0.15, -0.1) is 0 Å². The molecule has 0 bridgehead atoms. The van der Waals surface area contributed by atoms with Crippen LogP contribution in [0.5, 0.6) is 0 Å². The van der Waals surface area contributed by atoms with E-state index in [4.69, 9.17) is 0 Å². The Morgan fingerprint density at radius 3 is 1.62 bits per heavy atom. The summed E-state index contributed by atoms with van der Waals surface area (Å²) < 4.78 is 4.45. The van der Waals surface area contributed by atoms with Crippen molar-refractivity contribution in [2.24, 2.45) is 0 Å². The van der Waals surface area contributed by atoms with E-state index in [1.807, 2.05) is 48.5 Å². The van der Waals surface area contributed by atoms with Crippen LogP contribution in [-0.2, 0) is 0 Å². The molecule has 0 radical (unpaired) electrons. The van der Waals surface area contributed by atoms with Gasteiger partial charge >= 0.3 is 0 Å². The van der Waals surface area contributed by atoms with E-state index in [0.717, 1.165) is 66.5 Å². The van der Waals surface area contributed by atoms with Crippen molar-refractivity contribution in [3.8, 4) is 51.8 Å². The Hall–Kier alpha value is -7.39. The van der Waals surface area contributed by atoms with E-state index in [9.17, 15) is 15.8 Å². The van der Waals surface area contributed by atoms with Gasteiger partial charge in [-0.3, -0.25) is 0 Å². The normalized spacial score (nSPS) is 11.1. The lowest BCUT2D eigenvalue weighted by atomic mass is 9.97. The molecule has 0 unspecified atom stereocenters. The molecule has 0 aliphatic rings. The number of hydrogen-bond acceptors (Lipinski definition) is 3. The predicted octanol–water partition coefficient (Wildman–Crippen LogP) is 10.8. The van der Waals surface area contributed by atoms with Crippen LogP contribution in [0.1, 0.15) is 16.7 Å². The van der Waals surface area contributed by atoms with Gasteiger partial charge in [-0.2, -0.15) is 15.8 Å². The van der Waals surface area contributed by atoms with Crippen molar-refractivity contribution < 1.29 is 0 Å². The van der Waals surface area contributed by atoms with E-state index in [1.165, 1.54) is 10.8 Å². The van der Waals surface area contributed by atoms with Gasteiger partial charge in [0.15, 0.2) is 0 Å². The van der Waals surface area contributed by atoms with Crippen LogP contribution in [0, 0.1) is 34.0 Å². The molecule has 0 aliphatic heterocycles. The van der Waals surface area contributed by atoms with Crippen LogP contribution in [0.4, 0.5) is 0 Å². The summed E-state index contributed by atoms with van der Waals surface area (Å²) in [6.07, 6.45) is 0. The van der Waals surface area contributed by atoms with Crippen molar-refractivity contribution in [2.75, 3.05) is 0 Å². The molecule has 0 atom stereocenters. The summed E-state index contributed by atoms with van der Waals surface area (Å²) in [4.78, 5) is 0. The summed E-state index contributed by atoms with van der Waals surface area (Å²) in [6, 6.07) is 58.0. The van der Waals surface area contributed by atoms with Gasteiger partial charge in [-0.25, -0.2) is 0 Å². The molecule has 0 N–H and O–H groups in total. The molecule has 2 aromatic heterocycles. The minimum Gasteiger partial charge on any atom is -0.309 e. The van der Waals surface area contributed by atoms with Crippen molar-refractivity contribution in [3.05, 3.63) is 168 Å². The van der Waals surface area contributed by atoms with E-state index in [0.29, 0.717) is 16.7 Å². The Bertz CT molecular complexity index is 2890.